The van der Waals surface area contributed by atoms with E-state index in [2.05, 4.69) is 6.92 Å². The van der Waals surface area contributed by atoms with Gasteiger partial charge < -0.3 is 9.80 Å². The van der Waals surface area contributed by atoms with Crippen LogP contribution in [0.15, 0.2) is 0 Å². The Hall–Kier alpha value is -1.27. The molecule has 0 spiro atoms. The van der Waals surface area contributed by atoms with E-state index in [1.165, 1.54) is 0 Å². The van der Waals surface area contributed by atoms with E-state index in [1.807, 2.05) is 4.90 Å². The monoisotopic (exact) mass is 304 g/mol. The van der Waals surface area contributed by atoms with Crippen LogP contribution in [0.2, 0.25) is 0 Å². The minimum Gasteiger partial charge on any atom is -0.337 e. The van der Waals surface area contributed by atoms with Crippen molar-refractivity contribution < 1.29 is 22.8 Å². The van der Waals surface area contributed by atoms with Crippen molar-refractivity contribution in [2.75, 3.05) is 19.6 Å². The SMILES string of the molecule is CC12CC(CN1C(=O)C1CCN(CC(F)(F)F)C(=O)C1)C2. The molecule has 1 atom stereocenters. The Morgan fingerprint density at radius 3 is 2.52 bits per heavy atom. The van der Waals surface area contributed by atoms with Gasteiger partial charge in [-0.15, -0.1) is 0 Å². The molecule has 4 fully saturated rings. The molecule has 0 radical (unpaired) electrons. The average molecular weight is 304 g/mol. The molecule has 3 saturated heterocycles. The van der Waals surface area contributed by atoms with Gasteiger partial charge in [-0.1, -0.05) is 0 Å². The third kappa shape index (κ3) is 2.62. The summed E-state index contributed by atoms with van der Waals surface area (Å²) >= 11 is 0. The lowest BCUT2D eigenvalue weighted by Crippen LogP contribution is -2.51. The molecule has 3 aliphatic heterocycles. The topological polar surface area (TPSA) is 40.6 Å². The van der Waals surface area contributed by atoms with E-state index in [1.54, 1.807) is 0 Å². The summed E-state index contributed by atoms with van der Waals surface area (Å²) in [4.78, 5) is 27.0. The molecule has 0 N–H and O–H groups in total. The van der Waals surface area contributed by atoms with Crippen molar-refractivity contribution in [1.82, 2.24) is 9.80 Å². The van der Waals surface area contributed by atoms with Crippen molar-refractivity contribution >= 4 is 11.8 Å². The molecule has 7 heteroatoms. The first-order valence-corrected chi connectivity index (χ1v) is 7.34. The summed E-state index contributed by atoms with van der Waals surface area (Å²) in [6.07, 6.45) is -2.11. The molecule has 2 bridgehead atoms. The van der Waals surface area contributed by atoms with Gasteiger partial charge in [0.1, 0.15) is 6.54 Å². The summed E-state index contributed by atoms with van der Waals surface area (Å²) in [6.45, 7) is 1.60. The first kappa shape index (κ1) is 14.7. The number of hydrogen-bond acceptors (Lipinski definition) is 2. The molecule has 0 aromatic heterocycles. The standard InChI is InChI=1S/C14H19F3N2O2/c1-13-5-9(6-13)7-19(13)12(21)10-2-3-18(11(20)4-10)8-14(15,16)17/h9-10H,2-8H2,1H3. The smallest absolute Gasteiger partial charge is 0.337 e. The molecule has 1 unspecified atom stereocenters. The highest BCUT2D eigenvalue weighted by Gasteiger charge is 2.55. The Morgan fingerprint density at radius 2 is 2.05 bits per heavy atom. The van der Waals surface area contributed by atoms with Crippen LogP contribution < -0.4 is 0 Å². The molecule has 4 nitrogen and oxygen atoms in total. The van der Waals surface area contributed by atoms with Crippen LogP contribution in [0.5, 0.6) is 0 Å². The van der Waals surface area contributed by atoms with Gasteiger partial charge in [-0.3, -0.25) is 9.59 Å². The van der Waals surface area contributed by atoms with Crippen molar-refractivity contribution in [3.05, 3.63) is 0 Å². The van der Waals surface area contributed by atoms with E-state index in [9.17, 15) is 22.8 Å². The maximum atomic E-state index is 12.5. The Labute approximate surface area is 121 Å². The van der Waals surface area contributed by atoms with E-state index >= 15 is 0 Å². The van der Waals surface area contributed by atoms with Crippen LogP contribution in [0, 0.1) is 11.8 Å². The first-order valence-electron chi connectivity index (χ1n) is 7.34. The molecule has 21 heavy (non-hydrogen) atoms. The first-order chi connectivity index (χ1) is 9.68. The highest BCUT2D eigenvalue weighted by molar-refractivity contribution is 5.87. The second-order valence-corrected chi connectivity index (χ2v) is 6.84. The molecule has 0 aromatic carbocycles. The number of fused-ring (bicyclic) bond motifs is 1. The molecule has 3 heterocycles. The number of carbonyl (C=O) groups is 2. The number of halogens is 3. The van der Waals surface area contributed by atoms with Gasteiger partial charge in [-0.05, 0) is 32.1 Å². The fourth-order valence-corrected chi connectivity index (χ4v) is 4.06. The third-order valence-electron chi connectivity index (χ3n) is 5.06. The van der Waals surface area contributed by atoms with Crippen LogP contribution in [0.4, 0.5) is 13.2 Å². The predicted molar refractivity (Wildman–Crippen MR) is 68.2 cm³/mol. The Kier molecular flexibility index (Phi) is 3.22. The lowest BCUT2D eigenvalue weighted by atomic mass is 9.74. The number of likely N-dealkylation sites (tertiary alicyclic amines) is 1. The summed E-state index contributed by atoms with van der Waals surface area (Å²) in [6, 6.07) is 0. The fourth-order valence-electron chi connectivity index (χ4n) is 4.06. The van der Waals surface area contributed by atoms with E-state index in [4.69, 9.17) is 0 Å². The lowest BCUT2D eigenvalue weighted by molar-refractivity contribution is -0.166. The highest BCUT2D eigenvalue weighted by atomic mass is 19.4. The second-order valence-electron chi connectivity index (χ2n) is 6.84. The minimum absolute atomic E-state index is 0.0166. The van der Waals surface area contributed by atoms with E-state index in [0.717, 1.165) is 24.3 Å². The van der Waals surface area contributed by atoms with Crippen LogP contribution in [0.25, 0.3) is 0 Å². The van der Waals surface area contributed by atoms with Gasteiger partial charge in [0.15, 0.2) is 0 Å². The Bertz CT molecular complexity index is 471. The highest BCUT2D eigenvalue weighted by Crippen LogP contribution is 2.50. The summed E-state index contributed by atoms with van der Waals surface area (Å²) in [7, 11) is 0. The van der Waals surface area contributed by atoms with Gasteiger partial charge in [-0.25, -0.2) is 0 Å². The molecule has 4 rings (SSSR count). The zero-order chi connectivity index (χ0) is 15.4. The van der Waals surface area contributed by atoms with E-state index < -0.39 is 24.5 Å². The Balaban J connectivity index is 1.60. The van der Waals surface area contributed by atoms with Gasteiger partial charge >= 0.3 is 6.18 Å². The van der Waals surface area contributed by atoms with Crippen molar-refractivity contribution in [3.8, 4) is 0 Å². The molecule has 2 amide bonds. The molecule has 1 saturated carbocycles. The van der Waals surface area contributed by atoms with Gasteiger partial charge in [0, 0.05) is 31.0 Å². The number of rotatable bonds is 2. The third-order valence-corrected chi connectivity index (χ3v) is 5.06. The largest absolute Gasteiger partial charge is 0.406 e. The van der Waals surface area contributed by atoms with Crippen molar-refractivity contribution in [2.24, 2.45) is 11.8 Å². The quantitative estimate of drug-likeness (QED) is 0.780. The van der Waals surface area contributed by atoms with Crippen LogP contribution in [0.3, 0.4) is 0 Å². The maximum Gasteiger partial charge on any atom is 0.406 e. The molecule has 0 aromatic rings. The Morgan fingerprint density at radius 1 is 1.38 bits per heavy atom. The molecular weight excluding hydrogens is 285 g/mol. The molecule has 4 aliphatic rings. The van der Waals surface area contributed by atoms with Crippen LogP contribution >= 0.6 is 0 Å². The summed E-state index contributed by atoms with van der Waals surface area (Å²) < 4.78 is 37.1. The van der Waals surface area contributed by atoms with Gasteiger partial charge in [0.25, 0.3) is 0 Å². The predicted octanol–water partition coefficient (Wildman–Crippen LogP) is 1.80. The van der Waals surface area contributed by atoms with Crippen molar-refractivity contribution in [1.29, 1.82) is 0 Å². The zero-order valence-electron chi connectivity index (χ0n) is 11.9. The number of nitrogens with zero attached hydrogens (tertiary/aromatic N) is 2. The van der Waals surface area contributed by atoms with Crippen molar-refractivity contribution in [2.45, 2.75) is 44.3 Å². The van der Waals surface area contributed by atoms with Crippen LogP contribution in [-0.2, 0) is 9.59 Å². The van der Waals surface area contributed by atoms with Gasteiger partial charge in [0.05, 0.1) is 0 Å². The number of carbonyl (C=O) groups excluding carboxylic acids is 2. The van der Waals surface area contributed by atoms with Gasteiger partial charge in [0.2, 0.25) is 11.8 Å². The zero-order valence-corrected chi connectivity index (χ0v) is 11.9. The maximum absolute atomic E-state index is 12.5. The van der Waals surface area contributed by atoms with Crippen LogP contribution in [0.1, 0.15) is 32.6 Å². The molecule has 1 aliphatic carbocycles. The van der Waals surface area contributed by atoms with E-state index in [0.29, 0.717) is 12.3 Å². The number of hydrogen-bond donors (Lipinski definition) is 0. The normalized spacial score (nSPS) is 35.9. The van der Waals surface area contributed by atoms with Crippen LogP contribution in [-0.4, -0.2) is 53.0 Å². The van der Waals surface area contributed by atoms with Gasteiger partial charge in [-0.2, -0.15) is 13.2 Å². The average Bonchev–Trinajstić information content (AvgIpc) is 2.82. The number of alkyl halides is 3. The summed E-state index contributed by atoms with van der Waals surface area (Å²) in [5, 5.41) is 0. The summed E-state index contributed by atoms with van der Waals surface area (Å²) in [5.41, 5.74) is -0.0755. The second kappa shape index (κ2) is 4.61. The number of piperidine rings is 1. The number of amides is 2. The minimum atomic E-state index is -4.38. The van der Waals surface area contributed by atoms with E-state index in [-0.39, 0.29) is 24.4 Å². The molecule has 118 valence electrons. The molecular formula is C14H19F3N2O2. The fraction of sp³-hybridized carbons (Fsp3) is 0.857. The van der Waals surface area contributed by atoms with Crippen molar-refractivity contribution in [3.63, 3.8) is 0 Å². The lowest BCUT2D eigenvalue weighted by Gasteiger charge is -2.41. The summed E-state index contributed by atoms with van der Waals surface area (Å²) in [5.74, 6) is -0.482.